The molecule has 2 rings (SSSR count). The second kappa shape index (κ2) is 4.60. The molecule has 18 heavy (non-hydrogen) atoms. The van der Waals surface area contributed by atoms with Crippen LogP contribution in [0.3, 0.4) is 0 Å². The molecule has 0 spiro atoms. The van der Waals surface area contributed by atoms with Crippen LogP contribution < -0.4 is 0 Å². The Hall–Kier alpha value is -2.17. The van der Waals surface area contributed by atoms with Crippen LogP contribution in [0.1, 0.15) is 17.2 Å². The smallest absolute Gasteiger partial charge is 0.309 e. The largest absolute Gasteiger partial charge is 0.481 e. The molecule has 0 aliphatic heterocycles. The van der Waals surface area contributed by atoms with Crippen LogP contribution in [-0.4, -0.2) is 20.6 Å². The second-order valence-electron chi connectivity index (χ2n) is 4.05. The summed E-state index contributed by atoms with van der Waals surface area (Å²) >= 11 is 0. The Balaban J connectivity index is 2.63. The number of rotatable bonds is 3. The predicted octanol–water partition coefficient (Wildman–Crippen LogP) is 2.26. The summed E-state index contributed by atoms with van der Waals surface area (Å²) in [5.41, 5.74) is 1.44. The first kappa shape index (κ1) is 12.3. The van der Waals surface area contributed by atoms with Gasteiger partial charge in [-0.2, -0.15) is 0 Å². The third kappa shape index (κ3) is 2.11. The fourth-order valence-electron chi connectivity index (χ4n) is 2.02. The van der Waals surface area contributed by atoms with E-state index in [4.69, 9.17) is 5.11 Å². The van der Waals surface area contributed by atoms with Gasteiger partial charge in [-0.15, -0.1) is 0 Å². The van der Waals surface area contributed by atoms with Crippen LogP contribution in [0.25, 0.3) is 5.69 Å². The zero-order valence-electron chi connectivity index (χ0n) is 10.1. The topological polar surface area (TPSA) is 55.1 Å². The van der Waals surface area contributed by atoms with Crippen molar-refractivity contribution in [3.05, 3.63) is 47.3 Å². The van der Waals surface area contributed by atoms with Gasteiger partial charge in [0.05, 0.1) is 23.5 Å². The highest BCUT2D eigenvalue weighted by molar-refractivity contribution is 5.70. The van der Waals surface area contributed by atoms with Gasteiger partial charge in [0, 0.05) is 0 Å². The molecule has 0 amide bonds. The number of benzene rings is 1. The number of aliphatic carboxylic acids is 1. The maximum absolute atomic E-state index is 13.8. The van der Waals surface area contributed by atoms with Crippen molar-refractivity contribution < 1.29 is 14.3 Å². The molecular weight excluding hydrogens is 235 g/mol. The molecule has 0 aliphatic rings. The number of carboxylic acid groups (broad SMARTS) is 1. The maximum Gasteiger partial charge on any atom is 0.309 e. The number of para-hydroxylation sites is 1. The van der Waals surface area contributed by atoms with Crippen LogP contribution in [-0.2, 0) is 11.2 Å². The lowest BCUT2D eigenvalue weighted by Gasteiger charge is -2.10. The third-order valence-corrected chi connectivity index (χ3v) is 2.75. The Morgan fingerprint density at radius 2 is 2.06 bits per heavy atom. The van der Waals surface area contributed by atoms with E-state index in [1.54, 1.807) is 36.6 Å². The van der Waals surface area contributed by atoms with Gasteiger partial charge < -0.3 is 5.11 Å². The summed E-state index contributed by atoms with van der Waals surface area (Å²) in [6.07, 6.45) is -0.180. The van der Waals surface area contributed by atoms with Crippen molar-refractivity contribution in [1.82, 2.24) is 9.55 Å². The van der Waals surface area contributed by atoms with Gasteiger partial charge >= 0.3 is 5.97 Å². The minimum Gasteiger partial charge on any atom is -0.481 e. The molecule has 1 aromatic heterocycles. The normalized spacial score (nSPS) is 10.6. The lowest BCUT2D eigenvalue weighted by Crippen LogP contribution is -2.10. The first-order chi connectivity index (χ1) is 8.50. The molecule has 5 heteroatoms. The van der Waals surface area contributed by atoms with Crippen LogP contribution in [0, 0.1) is 19.7 Å². The number of carboxylic acids is 1. The highest BCUT2D eigenvalue weighted by atomic mass is 19.1. The zero-order valence-corrected chi connectivity index (χ0v) is 10.1. The molecule has 2 aromatic rings. The van der Waals surface area contributed by atoms with Crippen molar-refractivity contribution in [3.63, 3.8) is 0 Å². The first-order valence-corrected chi connectivity index (χ1v) is 5.52. The van der Waals surface area contributed by atoms with Crippen molar-refractivity contribution in [2.45, 2.75) is 20.3 Å². The Kier molecular flexibility index (Phi) is 3.14. The number of imidazole rings is 1. The molecular formula is C13H13FN2O2. The SMILES string of the molecule is Cc1nc(C)n(-c2ccccc2F)c1CC(=O)O. The number of halogens is 1. The number of aryl methyl sites for hydroxylation is 2. The van der Waals surface area contributed by atoms with Gasteiger partial charge in [-0.3, -0.25) is 9.36 Å². The molecule has 0 saturated carbocycles. The summed E-state index contributed by atoms with van der Waals surface area (Å²) in [6.45, 7) is 3.45. The minimum absolute atomic E-state index is 0.180. The molecule has 0 unspecified atom stereocenters. The van der Waals surface area contributed by atoms with E-state index in [1.807, 2.05) is 0 Å². The van der Waals surface area contributed by atoms with E-state index >= 15 is 0 Å². The van der Waals surface area contributed by atoms with Crippen LogP contribution in [0.5, 0.6) is 0 Å². The van der Waals surface area contributed by atoms with E-state index in [1.165, 1.54) is 6.07 Å². The monoisotopic (exact) mass is 248 g/mol. The lowest BCUT2D eigenvalue weighted by molar-refractivity contribution is -0.136. The Bertz CT molecular complexity index is 605. The molecule has 0 saturated heterocycles. The quantitative estimate of drug-likeness (QED) is 0.906. The maximum atomic E-state index is 13.8. The molecule has 0 radical (unpaired) electrons. The van der Waals surface area contributed by atoms with Crippen molar-refractivity contribution in [1.29, 1.82) is 0 Å². The molecule has 1 N–H and O–H groups in total. The van der Waals surface area contributed by atoms with Crippen LogP contribution in [0.2, 0.25) is 0 Å². The summed E-state index contributed by atoms with van der Waals surface area (Å²) in [7, 11) is 0. The van der Waals surface area contributed by atoms with E-state index < -0.39 is 11.8 Å². The number of nitrogens with zero attached hydrogens (tertiary/aromatic N) is 2. The van der Waals surface area contributed by atoms with Gasteiger partial charge in [0.1, 0.15) is 11.6 Å². The van der Waals surface area contributed by atoms with Crippen LogP contribution in [0.15, 0.2) is 24.3 Å². The van der Waals surface area contributed by atoms with Crippen molar-refractivity contribution in [3.8, 4) is 5.69 Å². The van der Waals surface area contributed by atoms with Gasteiger partial charge in [-0.1, -0.05) is 12.1 Å². The van der Waals surface area contributed by atoms with E-state index in [-0.39, 0.29) is 6.42 Å². The van der Waals surface area contributed by atoms with Gasteiger partial charge in [-0.25, -0.2) is 9.37 Å². The Morgan fingerprint density at radius 1 is 1.39 bits per heavy atom. The fraction of sp³-hybridized carbons (Fsp3) is 0.231. The third-order valence-electron chi connectivity index (χ3n) is 2.75. The van der Waals surface area contributed by atoms with E-state index in [9.17, 15) is 9.18 Å². The summed E-state index contributed by atoms with van der Waals surface area (Å²) < 4.78 is 15.3. The van der Waals surface area contributed by atoms with Crippen molar-refractivity contribution >= 4 is 5.97 Å². The standard InChI is InChI=1S/C13H13FN2O2/c1-8-12(7-13(17)18)16(9(2)15-8)11-6-4-3-5-10(11)14/h3-6H,7H2,1-2H3,(H,17,18). The second-order valence-corrected chi connectivity index (χ2v) is 4.05. The van der Waals surface area contributed by atoms with Crippen molar-refractivity contribution in [2.75, 3.05) is 0 Å². The van der Waals surface area contributed by atoms with Gasteiger partial charge in [0.2, 0.25) is 0 Å². The lowest BCUT2D eigenvalue weighted by atomic mass is 10.2. The minimum atomic E-state index is -0.962. The molecule has 1 heterocycles. The number of hydrogen-bond donors (Lipinski definition) is 1. The predicted molar refractivity (Wildman–Crippen MR) is 64.3 cm³/mol. The number of hydrogen-bond acceptors (Lipinski definition) is 2. The molecule has 94 valence electrons. The molecule has 0 fully saturated rings. The molecule has 0 aliphatic carbocycles. The highest BCUT2D eigenvalue weighted by Crippen LogP contribution is 2.20. The summed E-state index contributed by atoms with van der Waals surface area (Å²) in [5.74, 6) is -0.783. The molecule has 0 bridgehead atoms. The van der Waals surface area contributed by atoms with Gasteiger partial charge in [0.15, 0.2) is 0 Å². The van der Waals surface area contributed by atoms with E-state index in [2.05, 4.69) is 4.98 Å². The van der Waals surface area contributed by atoms with Crippen molar-refractivity contribution in [2.24, 2.45) is 0 Å². The van der Waals surface area contributed by atoms with E-state index in [0.29, 0.717) is 22.9 Å². The summed E-state index contributed by atoms with van der Waals surface area (Å²) in [4.78, 5) is 15.1. The first-order valence-electron chi connectivity index (χ1n) is 5.52. The van der Waals surface area contributed by atoms with Gasteiger partial charge in [0.25, 0.3) is 0 Å². The van der Waals surface area contributed by atoms with Gasteiger partial charge in [-0.05, 0) is 26.0 Å². The highest BCUT2D eigenvalue weighted by Gasteiger charge is 2.17. The molecule has 1 aromatic carbocycles. The zero-order chi connectivity index (χ0) is 13.3. The average Bonchev–Trinajstić information content (AvgIpc) is 2.55. The number of carbonyl (C=O) groups is 1. The number of aromatic nitrogens is 2. The fourth-order valence-corrected chi connectivity index (χ4v) is 2.02. The average molecular weight is 248 g/mol. The summed E-state index contributed by atoms with van der Waals surface area (Å²) in [5, 5.41) is 8.91. The Labute approximate surface area is 104 Å². The summed E-state index contributed by atoms with van der Waals surface area (Å²) in [6, 6.07) is 6.25. The van der Waals surface area contributed by atoms with Crippen LogP contribution >= 0.6 is 0 Å². The molecule has 4 nitrogen and oxygen atoms in total. The molecule has 0 atom stereocenters. The van der Waals surface area contributed by atoms with E-state index in [0.717, 1.165) is 0 Å². The van der Waals surface area contributed by atoms with Crippen LogP contribution in [0.4, 0.5) is 4.39 Å². The Morgan fingerprint density at radius 3 is 2.67 bits per heavy atom.